The van der Waals surface area contributed by atoms with Gasteiger partial charge in [-0.05, 0) is 70.3 Å². The van der Waals surface area contributed by atoms with E-state index in [1.165, 1.54) is 25.3 Å². The summed E-state index contributed by atoms with van der Waals surface area (Å²) in [6, 6.07) is 3.40. The second-order valence-corrected chi connectivity index (χ2v) is 22.4. The summed E-state index contributed by atoms with van der Waals surface area (Å²) in [7, 11) is 5.37. The molecule has 3 rings (SSSR count). The van der Waals surface area contributed by atoms with Gasteiger partial charge < -0.3 is 45.3 Å². The van der Waals surface area contributed by atoms with Gasteiger partial charge in [-0.1, -0.05) is 47.1 Å². The molecule has 2 aromatic rings. The van der Waals surface area contributed by atoms with Crippen LogP contribution >= 0.6 is 34.9 Å². The number of ether oxygens (including phenoxy) is 3. The van der Waals surface area contributed by atoms with Gasteiger partial charge in [-0.3, -0.25) is 38.5 Å². The van der Waals surface area contributed by atoms with Gasteiger partial charge in [-0.15, -0.1) is 34.9 Å². The predicted octanol–water partition coefficient (Wildman–Crippen LogP) is 6.02. The van der Waals surface area contributed by atoms with Crippen LogP contribution in [0.3, 0.4) is 0 Å². The van der Waals surface area contributed by atoms with Gasteiger partial charge in [-0.2, -0.15) is 0 Å². The number of phenolic OH excluding ortho intramolecular Hbond substituents is 1. The van der Waals surface area contributed by atoms with Crippen molar-refractivity contribution < 1.29 is 58.0 Å². The standard InChI is InChI=1S/C49H76N6O12S3/c1-12-30(4)35(24-42(58)49(7,8)54(9)10)47(62)55(11)38(29(2)3)25-40(67-32(6)56)46-53-37(26-69-46)44(60)51-34(21-31(5)48(63)64)22-33-13-14-39(57)36(23-33)52-43(59)15-17-65-19-20-66-18-16-50-45(61)41-27-68-28-70-41/h13-14,23,26,29-31,34-35,38,40-41,57H,12,15-22,24-25,27-28H2,1-11H3,(H,50,61)(H,51,60)(H,52,59)(H,63,64)/t30-,31?,34+,35-,38+,40+,41?/m0/s1. The molecular weight excluding hydrogens is 961 g/mol. The minimum absolute atomic E-state index is 0.0106. The molecule has 2 unspecified atom stereocenters. The van der Waals surface area contributed by atoms with Crippen LogP contribution in [0.1, 0.15) is 115 Å². The molecule has 21 heteroatoms. The molecule has 5 N–H and O–H groups in total. The maximum Gasteiger partial charge on any atom is 0.306 e. The van der Waals surface area contributed by atoms with E-state index in [0.29, 0.717) is 30.1 Å². The number of carbonyl (C=O) groups excluding carboxylic acids is 6. The van der Waals surface area contributed by atoms with Gasteiger partial charge in [0, 0.05) is 67.6 Å². The molecule has 4 amide bonds. The highest BCUT2D eigenvalue weighted by Crippen LogP contribution is 2.34. The van der Waals surface area contributed by atoms with Gasteiger partial charge in [0.1, 0.15) is 16.5 Å². The molecule has 1 aromatic carbocycles. The summed E-state index contributed by atoms with van der Waals surface area (Å²) in [6.07, 6.45) is 0.171. The van der Waals surface area contributed by atoms with Crippen molar-refractivity contribution in [2.75, 3.05) is 70.3 Å². The van der Waals surface area contributed by atoms with Crippen molar-refractivity contribution in [3.8, 4) is 5.75 Å². The monoisotopic (exact) mass is 1040 g/mol. The number of hydrogen-bond donors (Lipinski definition) is 5. The summed E-state index contributed by atoms with van der Waals surface area (Å²) < 4.78 is 16.8. The highest BCUT2D eigenvalue weighted by Gasteiger charge is 2.39. The average molecular weight is 1040 g/mol. The Bertz CT molecular complexity index is 2060. The van der Waals surface area contributed by atoms with Crippen molar-refractivity contribution in [2.24, 2.45) is 23.7 Å². The Morgan fingerprint density at radius 3 is 2.26 bits per heavy atom. The van der Waals surface area contributed by atoms with E-state index in [9.17, 15) is 43.8 Å². The molecule has 1 aliphatic heterocycles. The van der Waals surface area contributed by atoms with Crippen molar-refractivity contribution >= 4 is 81.9 Å². The molecule has 2 heterocycles. The van der Waals surface area contributed by atoms with E-state index in [1.54, 1.807) is 47.6 Å². The summed E-state index contributed by atoms with van der Waals surface area (Å²) in [6.45, 7) is 15.7. The number of aromatic hydroxyl groups is 1. The number of anilines is 1. The summed E-state index contributed by atoms with van der Waals surface area (Å²) >= 11 is 4.49. The zero-order valence-corrected chi connectivity index (χ0v) is 45.1. The molecular formula is C49H76N6O12S3. The number of thiazole rings is 1. The number of benzene rings is 1. The van der Waals surface area contributed by atoms with Crippen LogP contribution in [0.5, 0.6) is 5.75 Å². The Hall–Kier alpha value is -4.28. The van der Waals surface area contributed by atoms with Gasteiger partial charge in [0.05, 0.1) is 55.2 Å². The lowest BCUT2D eigenvalue weighted by Gasteiger charge is -2.38. The first kappa shape index (κ1) is 60.0. The van der Waals surface area contributed by atoms with Crippen LogP contribution in [0.4, 0.5) is 5.69 Å². The second kappa shape index (κ2) is 29.3. The third kappa shape index (κ3) is 19.0. The number of phenols is 1. The number of amides is 4. The number of carboxylic acid groups (broad SMARTS) is 1. The van der Waals surface area contributed by atoms with Crippen molar-refractivity contribution in [3.63, 3.8) is 0 Å². The first-order valence-corrected chi connectivity index (χ1v) is 26.9. The van der Waals surface area contributed by atoms with Crippen molar-refractivity contribution in [1.29, 1.82) is 0 Å². The van der Waals surface area contributed by atoms with Crippen LogP contribution in [0.15, 0.2) is 23.6 Å². The second-order valence-electron chi connectivity index (χ2n) is 18.9. The fourth-order valence-electron chi connectivity index (χ4n) is 7.60. The Morgan fingerprint density at radius 2 is 1.66 bits per heavy atom. The fraction of sp³-hybridized carbons (Fsp3) is 0.673. The van der Waals surface area contributed by atoms with Crippen molar-refractivity contribution in [3.05, 3.63) is 39.8 Å². The third-order valence-electron chi connectivity index (χ3n) is 12.8. The molecule has 18 nitrogen and oxygen atoms in total. The molecule has 0 spiro atoms. The van der Waals surface area contributed by atoms with Crippen LogP contribution in [0.2, 0.25) is 0 Å². The number of aromatic nitrogens is 1. The number of nitrogens with zero attached hydrogens (tertiary/aromatic N) is 3. The molecule has 1 fully saturated rings. The number of nitrogens with one attached hydrogen (secondary N) is 3. The van der Waals surface area contributed by atoms with Crippen LogP contribution in [-0.2, 0) is 49.4 Å². The third-order valence-corrected chi connectivity index (χ3v) is 16.5. The fourth-order valence-corrected chi connectivity index (χ4v) is 11.1. The van der Waals surface area contributed by atoms with E-state index >= 15 is 0 Å². The van der Waals surface area contributed by atoms with E-state index in [-0.39, 0.29) is 104 Å². The van der Waals surface area contributed by atoms with Gasteiger partial charge in [-0.25, -0.2) is 4.98 Å². The number of carbonyl (C=O) groups is 7. The largest absolute Gasteiger partial charge is 0.506 e. The highest BCUT2D eigenvalue weighted by molar-refractivity contribution is 8.19. The maximum absolute atomic E-state index is 14.3. The lowest BCUT2D eigenvalue weighted by atomic mass is 9.81. The van der Waals surface area contributed by atoms with E-state index in [2.05, 4.69) is 20.9 Å². The van der Waals surface area contributed by atoms with E-state index in [1.807, 2.05) is 60.5 Å². The topological polar surface area (TPSA) is 243 Å². The quantitative estimate of drug-likeness (QED) is 0.0329. The molecule has 0 radical (unpaired) electrons. The lowest BCUT2D eigenvalue weighted by Crippen LogP contribution is -2.50. The number of ketones is 1. The first-order chi connectivity index (χ1) is 33.0. The summed E-state index contributed by atoms with van der Waals surface area (Å²) in [5, 5.41) is 31.6. The predicted molar refractivity (Wildman–Crippen MR) is 274 cm³/mol. The molecule has 1 aromatic heterocycles. The number of thioether (sulfide) groups is 2. The highest BCUT2D eigenvalue weighted by atomic mass is 32.2. The smallest absolute Gasteiger partial charge is 0.306 e. The molecule has 0 aliphatic carbocycles. The Morgan fingerprint density at radius 1 is 0.971 bits per heavy atom. The van der Waals surface area contributed by atoms with E-state index < -0.39 is 59.3 Å². The SMILES string of the molecule is CC[C@H](C)[C@H](CC(=O)C(C)(C)N(C)C)C(=O)N(C)[C@H](C[C@@H](OC(C)=O)c1nc(C(=O)N[C@@H](Cc2ccc(O)c(NC(=O)CCOCCOCCNC(=O)C3CSCS3)c2)CC(C)C(=O)O)cs1)C(C)C. The van der Waals surface area contributed by atoms with Crippen LogP contribution in [0, 0.1) is 23.7 Å². The molecule has 0 saturated carbocycles. The van der Waals surface area contributed by atoms with Gasteiger partial charge in [0.2, 0.25) is 17.7 Å². The number of likely N-dealkylation sites (N-methyl/N-ethyl adjacent to an activating group) is 1. The van der Waals surface area contributed by atoms with Crippen molar-refractivity contribution in [2.45, 2.75) is 123 Å². The molecule has 7 atom stereocenters. The Balaban J connectivity index is 1.68. The minimum Gasteiger partial charge on any atom is -0.506 e. The Kier molecular flexibility index (Phi) is 25.1. The molecule has 70 heavy (non-hydrogen) atoms. The normalized spacial score (nSPS) is 16.4. The summed E-state index contributed by atoms with van der Waals surface area (Å²) in [5.74, 6) is -3.84. The van der Waals surface area contributed by atoms with Gasteiger partial charge >= 0.3 is 11.9 Å². The lowest BCUT2D eigenvalue weighted by molar-refractivity contribution is -0.150. The summed E-state index contributed by atoms with van der Waals surface area (Å²) in [4.78, 5) is 99.2. The first-order valence-electron chi connectivity index (χ1n) is 23.8. The molecule has 1 saturated heterocycles. The number of carboxylic acids is 1. The molecule has 1 aliphatic rings. The minimum atomic E-state index is -1.06. The van der Waals surface area contributed by atoms with Crippen LogP contribution in [-0.4, -0.2) is 154 Å². The maximum atomic E-state index is 14.3. The zero-order valence-electron chi connectivity index (χ0n) is 42.7. The van der Waals surface area contributed by atoms with Crippen LogP contribution in [0.25, 0.3) is 0 Å². The zero-order chi connectivity index (χ0) is 52.3. The summed E-state index contributed by atoms with van der Waals surface area (Å²) in [5.41, 5.74) is -0.0339. The van der Waals surface area contributed by atoms with Gasteiger partial charge in [0.25, 0.3) is 5.91 Å². The molecule has 392 valence electrons. The average Bonchev–Trinajstić information content (AvgIpc) is 4.03. The number of hydrogen-bond acceptors (Lipinski definition) is 16. The Labute approximate surface area is 425 Å². The van der Waals surface area contributed by atoms with Crippen LogP contribution < -0.4 is 16.0 Å². The number of rotatable bonds is 31. The molecule has 0 bridgehead atoms. The van der Waals surface area contributed by atoms with E-state index in [4.69, 9.17) is 14.2 Å². The van der Waals surface area contributed by atoms with E-state index in [0.717, 1.165) is 22.2 Å². The number of aliphatic carboxylic acids is 1. The van der Waals surface area contributed by atoms with Gasteiger partial charge in [0.15, 0.2) is 11.9 Å². The number of esters is 1. The van der Waals surface area contributed by atoms with Crippen molar-refractivity contribution in [1.82, 2.24) is 25.4 Å². The number of Topliss-reactive ketones (excluding diaryl/α,β-unsaturated/α-hetero) is 1.